The predicted molar refractivity (Wildman–Crippen MR) is 83.4 cm³/mol. The van der Waals surface area contributed by atoms with Crippen molar-refractivity contribution < 1.29 is 4.74 Å². The molecule has 1 unspecified atom stereocenters. The van der Waals surface area contributed by atoms with E-state index in [0.29, 0.717) is 0 Å². The van der Waals surface area contributed by atoms with Crippen LogP contribution in [0.25, 0.3) is 0 Å². The second kappa shape index (κ2) is 5.82. The fourth-order valence-electron chi connectivity index (χ4n) is 2.40. The fraction of sp³-hybridized carbons (Fsp3) is 0.571. The zero-order valence-corrected chi connectivity index (χ0v) is 14.5. The molecule has 0 heterocycles. The molecule has 0 saturated heterocycles. The molecule has 18 heavy (non-hydrogen) atoms. The van der Waals surface area contributed by atoms with E-state index in [0.717, 1.165) is 33.8 Å². The summed E-state index contributed by atoms with van der Waals surface area (Å²) >= 11 is 13.8. The van der Waals surface area contributed by atoms with E-state index in [1.807, 2.05) is 0 Å². The molecule has 4 heteroatoms. The molecule has 100 valence electrons. The lowest BCUT2D eigenvalue weighted by Gasteiger charge is -2.42. The SMILES string of the molecule is COC1(CC(Cl)c2cc(Br)c(C)cc2Br)CCC1. The van der Waals surface area contributed by atoms with Crippen LogP contribution in [-0.4, -0.2) is 12.7 Å². The van der Waals surface area contributed by atoms with Gasteiger partial charge < -0.3 is 4.74 Å². The lowest BCUT2D eigenvalue weighted by atomic mass is 9.76. The first-order chi connectivity index (χ1) is 8.47. The van der Waals surface area contributed by atoms with Crippen molar-refractivity contribution in [1.29, 1.82) is 0 Å². The third kappa shape index (κ3) is 2.95. The van der Waals surface area contributed by atoms with Crippen molar-refractivity contribution in [3.8, 4) is 0 Å². The van der Waals surface area contributed by atoms with Crippen molar-refractivity contribution in [3.05, 3.63) is 32.2 Å². The predicted octanol–water partition coefficient (Wildman–Crippen LogP) is 5.76. The molecule has 1 atom stereocenters. The van der Waals surface area contributed by atoms with Gasteiger partial charge in [-0.1, -0.05) is 31.9 Å². The maximum Gasteiger partial charge on any atom is 0.0696 e. The Morgan fingerprint density at radius 2 is 2.00 bits per heavy atom. The molecule has 2 rings (SSSR count). The Kier molecular flexibility index (Phi) is 4.80. The van der Waals surface area contributed by atoms with Crippen LogP contribution in [0.4, 0.5) is 0 Å². The van der Waals surface area contributed by atoms with E-state index in [-0.39, 0.29) is 11.0 Å². The highest BCUT2D eigenvalue weighted by atomic mass is 79.9. The van der Waals surface area contributed by atoms with E-state index in [4.69, 9.17) is 16.3 Å². The average molecular weight is 397 g/mol. The van der Waals surface area contributed by atoms with E-state index in [9.17, 15) is 0 Å². The van der Waals surface area contributed by atoms with Crippen molar-refractivity contribution >= 4 is 43.5 Å². The minimum Gasteiger partial charge on any atom is -0.378 e. The van der Waals surface area contributed by atoms with Crippen molar-refractivity contribution in [3.63, 3.8) is 0 Å². The molecule has 0 N–H and O–H groups in total. The zero-order chi connectivity index (χ0) is 13.3. The number of alkyl halides is 1. The monoisotopic (exact) mass is 394 g/mol. The van der Waals surface area contributed by atoms with Crippen LogP contribution in [0.1, 0.15) is 42.2 Å². The van der Waals surface area contributed by atoms with Gasteiger partial charge in [0, 0.05) is 16.1 Å². The number of halogens is 3. The highest BCUT2D eigenvalue weighted by Gasteiger charge is 2.39. The molecule has 1 aliphatic carbocycles. The third-order valence-corrected chi connectivity index (χ3v) is 5.79. The average Bonchev–Trinajstić information content (AvgIpc) is 2.28. The molecule has 0 bridgehead atoms. The number of hydrogen-bond acceptors (Lipinski definition) is 1. The van der Waals surface area contributed by atoms with Crippen LogP contribution in [0.2, 0.25) is 0 Å². The number of methoxy groups -OCH3 is 1. The first-order valence-corrected chi connectivity index (χ1v) is 8.14. The van der Waals surface area contributed by atoms with E-state index in [2.05, 4.69) is 50.9 Å². The van der Waals surface area contributed by atoms with Gasteiger partial charge in [0.05, 0.1) is 11.0 Å². The normalized spacial score (nSPS) is 19.4. The van der Waals surface area contributed by atoms with Gasteiger partial charge in [0.25, 0.3) is 0 Å². The highest BCUT2D eigenvalue weighted by Crippen LogP contribution is 2.45. The minimum atomic E-state index is -0.0171. The summed E-state index contributed by atoms with van der Waals surface area (Å²) in [5.74, 6) is 0. The zero-order valence-electron chi connectivity index (χ0n) is 10.6. The van der Waals surface area contributed by atoms with Crippen LogP contribution in [0.3, 0.4) is 0 Å². The Hall–Kier alpha value is 0.430. The second-order valence-electron chi connectivity index (χ2n) is 5.04. The molecule has 0 radical (unpaired) electrons. The molecule has 0 spiro atoms. The standard InChI is InChI=1S/C14H17Br2ClO/c1-9-6-12(16)10(7-11(9)15)13(17)8-14(18-2)4-3-5-14/h6-7,13H,3-5,8H2,1-2H3. The van der Waals surface area contributed by atoms with Crippen LogP contribution >= 0.6 is 43.5 Å². The van der Waals surface area contributed by atoms with Crippen molar-refractivity contribution in [1.82, 2.24) is 0 Å². The molecular weight excluding hydrogens is 379 g/mol. The number of benzene rings is 1. The van der Waals surface area contributed by atoms with Gasteiger partial charge in [0.2, 0.25) is 0 Å². The largest absolute Gasteiger partial charge is 0.378 e. The molecule has 0 amide bonds. The van der Waals surface area contributed by atoms with Gasteiger partial charge in [-0.05, 0) is 55.9 Å². The van der Waals surface area contributed by atoms with E-state index >= 15 is 0 Å². The molecule has 1 aromatic rings. The van der Waals surface area contributed by atoms with Crippen LogP contribution in [0.5, 0.6) is 0 Å². The fourth-order valence-corrected chi connectivity index (χ4v) is 4.09. The molecule has 1 saturated carbocycles. The summed E-state index contributed by atoms with van der Waals surface area (Å²) in [6, 6.07) is 4.22. The second-order valence-corrected chi connectivity index (χ2v) is 7.27. The number of aryl methyl sites for hydroxylation is 1. The molecule has 1 fully saturated rings. The van der Waals surface area contributed by atoms with Crippen molar-refractivity contribution in [2.75, 3.05) is 7.11 Å². The smallest absolute Gasteiger partial charge is 0.0696 e. The topological polar surface area (TPSA) is 9.23 Å². The maximum absolute atomic E-state index is 6.58. The summed E-state index contributed by atoms with van der Waals surface area (Å²) in [7, 11) is 1.79. The summed E-state index contributed by atoms with van der Waals surface area (Å²) < 4.78 is 7.83. The summed E-state index contributed by atoms with van der Waals surface area (Å²) in [5.41, 5.74) is 2.35. The highest BCUT2D eigenvalue weighted by molar-refractivity contribution is 9.11. The maximum atomic E-state index is 6.58. The summed E-state index contributed by atoms with van der Waals surface area (Å²) in [5, 5.41) is -0.0171. The van der Waals surface area contributed by atoms with Crippen molar-refractivity contribution in [2.24, 2.45) is 0 Å². The van der Waals surface area contributed by atoms with Crippen LogP contribution in [0, 0.1) is 6.92 Å². The van der Waals surface area contributed by atoms with Gasteiger partial charge in [-0.2, -0.15) is 0 Å². The number of hydrogen-bond donors (Lipinski definition) is 0. The number of rotatable bonds is 4. The lowest BCUT2D eigenvalue weighted by molar-refractivity contribution is -0.0780. The van der Waals surface area contributed by atoms with Crippen LogP contribution < -0.4 is 0 Å². The number of ether oxygens (including phenoxy) is 1. The Bertz CT molecular complexity index is 438. The summed E-state index contributed by atoms with van der Waals surface area (Å²) in [6.45, 7) is 2.07. The first kappa shape index (κ1) is 14.8. The Morgan fingerprint density at radius 1 is 1.33 bits per heavy atom. The Morgan fingerprint density at radius 3 is 2.50 bits per heavy atom. The van der Waals surface area contributed by atoms with Crippen molar-refractivity contribution in [2.45, 2.75) is 43.6 Å². The first-order valence-electron chi connectivity index (χ1n) is 6.12. The summed E-state index contributed by atoms with van der Waals surface area (Å²) in [4.78, 5) is 0. The summed E-state index contributed by atoms with van der Waals surface area (Å²) in [6.07, 6.45) is 4.37. The van der Waals surface area contributed by atoms with Gasteiger partial charge in [-0.3, -0.25) is 0 Å². The molecule has 0 aromatic heterocycles. The van der Waals surface area contributed by atoms with E-state index in [1.54, 1.807) is 7.11 Å². The Balaban J connectivity index is 2.18. The van der Waals surface area contributed by atoms with Gasteiger partial charge in [0.15, 0.2) is 0 Å². The van der Waals surface area contributed by atoms with Gasteiger partial charge in [0.1, 0.15) is 0 Å². The molecular formula is C14H17Br2ClO. The van der Waals surface area contributed by atoms with Crippen LogP contribution in [-0.2, 0) is 4.74 Å². The Labute approximate surface area is 130 Å². The molecule has 1 nitrogen and oxygen atoms in total. The quantitative estimate of drug-likeness (QED) is 0.588. The molecule has 1 aliphatic rings. The minimum absolute atomic E-state index is 0.00319. The lowest BCUT2D eigenvalue weighted by Crippen LogP contribution is -2.39. The van der Waals surface area contributed by atoms with Gasteiger partial charge in [-0.25, -0.2) is 0 Å². The van der Waals surface area contributed by atoms with E-state index < -0.39 is 0 Å². The third-order valence-electron chi connectivity index (χ3n) is 3.86. The van der Waals surface area contributed by atoms with Gasteiger partial charge >= 0.3 is 0 Å². The molecule has 1 aromatic carbocycles. The molecule has 0 aliphatic heterocycles. The van der Waals surface area contributed by atoms with Crippen LogP contribution in [0.15, 0.2) is 21.1 Å². The van der Waals surface area contributed by atoms with E-state index in [1.165, 1.54) is 12.0 Å². The van der Waals surface area contributed by atoms with Gasteiger partial charge in [-0.15, -0.1) is 11.6 Å².